The van der Waals surface area contributed by atoms with E-state index < -0.39 is 0 Å². The fourth-order valence-corrected chi connectivity index (χ4v) is 5.56. The number of anilines is 1. The lowest BCUT2D eigenvalue weighted by atomic mass is 9.94. The second kappa shape index (κ2) is 9.86. The fraction of sp³-hybridized carbons (Fsp3) is 0.462. The molecule has 3 aromatic rings. The summed E-state index contributed by atoms with van der Waals surface area (Å²) in [7, 11) is 0. The number of nitrogens with zero attached hydrogens (tertiary/aromatic N) is 5. The molecule has 2 fully saturated rings. The zero-order valence-electron chi connectivity index (χ0n) is 18.8. The summed E-state index contributed by atoms with van der Waals surface area (Å²) < 4.78 is 1.06. The zero-order chi connectivity index (χ0) is 21.9. The highest BCUT2D eigenvalue weighted by Crippen LogP contribution is 2.27. The summed E-state index contributed by atoms with van der Waals surface area (Å²) >= 11 is 3.52. The molecule has 0 amide bonds. The van der Waals surface area contributed by atoms with Crippen molar-refractivity contribution in [3.8, 4) is 0 Å². The molecule has 5 nitrogen and oxygen atoms in total. The third-order valence-electron chi connectivity index (χ3n) is 7.08. The quantitative estimate of drug-likeness (QED) is 0.500. The van der Waals surface area contributed by atoms with Crippen molar-refractivity contribution in [3.63, 3.8) is 0 Å². The first-order chi connectivity index (χ1) is 15.7. The standard InChI is InChI=1S/C26H32BrN5/c1-20(22-7-3-2-4-8-22)32-11-5-6-21(19-32)18-30-12-14-31(15-13-30)26-28-17-23-16-24(27)9-10-25(23)29-26/h2-4,7-10,16-17,20-21H,5-6,11-15,18-19H2,1H3. The summed E-state index contributed by atoms with van der Waals surface area (Å²) in [6.07, 6.45) is 4.60. The Morgan fingerprint density at radius 2 is 1.84 bits per heavy atom. The Labute approximate surface area is 199 Å². The van der Waals surface area contributed by atoms with Crippen LogP contribution in [0.4, 0.5) is 5.95 Å². The van der Waals surface area contributed by atoms with Crippen molar-refractivity contribution in [1.29, 1.82) is 0 Å². The van der Waals surface area contributed by atoms with Gasteiger partial charge in [0.2, 0.25) is 5.95 Å². The van der Waals surface area contributed by atoms with Gasteiger partial charge in [-0.25, -0.2) is 9.97 Å². The molecule has 0 saturated carbocycles. The van der Waals surface area contributed by atoms with E-state index in [0.717, 1.165) is 53.4 Å². The van der Waals surface area contributed by atoms with Crippen molar-refractivity contribution in [2.75, 3.05) is 50.7 Å². The highest BCUT2D eigenvalue weighted by Gasteiger charge is 2.27. The van der Waals surface area contributed by atoms with Gasteiger partial charge >= 0.3 is 0 Å². The van der Waals surface area contributed by atoms with Gasteiger partial charge in [-0.2, -0.15) is 0 Å². The van der Waals surface area contributed by atoms with Crippen LogP contribution in [0.15, 0.2) is 59.2 Å². The molecule has 0 radical (unpaired) electrons. The SMILES string of the molecule is CC(c1ccccc1)N1CCCC(CN2CCN(c3ncc4cc(Br)ccc4n3)CC2)C1. The number of fused-ring (bicyclic) bond motifs is 1. The van der Waals surface area contributed by atoms with E-state index in [1.54, 1.807) is 0 Å². The van der Waals surface area contributed by atoms with Gasteiger partial charge in [-0.3, -0.25) is 9.80 Å². The highest BCUT2D eigenvalue weighted by molar-refractivity contribution is 9.10. The van der Waals surface area contributed by atoms with Crippen LogP contribution in [0.3, 0.4) is 0 Å². The van der Waals surface area contributed by atoms with Crippen LogP contribution < -0.4 is 4.90 Å². The second-order valence-electron chi connectivity index (χ2n) is 9.25. The fourth-order valence-electron chi connectivity index (χ4n) is 5.18. The summed E-state index contributed by atoms with van der Waals surface area (Å²) in [4.78, 5) is 17.1. The van der Waals surface area contributed by atoms with E-state index in [2.05, 4.69) is 85.0 Å². The van der Waals surface area contributed by atoms with Gasteiger partial charge in [-0.15, -0.1) is 0 Å². The first-order valence-corrected chi connectivity index (χ1v) is 12.6. The maximum absolute atomic E-state index is 4.81. The lowest BCUT2D eigenvalue weighted by molar-refractivity contribution is 0.102. The molecule has 2 unspecified atom stereocenters. The molecule has 0 N–H and O–H groups in total. The molecule has 6 heteroatoms. The molecule has 168 valence electrons. The van der Waals surface area contributed by atoms with Gasteiger partial charge in [-0.05, 0) is 56.0 Å². The number of hydrogen-bond acceptors (Lipinski definition) is 5. The number of piperidine rings is 1. The van der Waals surface area contributed by atoms with Crippen LogP contribution in [0.25, 0.3) is 10.9 Å². The number of piperazine rings is 1. The average molecular weight is 494 g/mol. The Bertz CT molecular complexity index is 1030. The normalized spacial score (nSPS) is 21.7. The molecule has 2 saturated heterocycles. The highest BCUT2D eigenvalue weighted by atomic mass is 79.9. The van der Waals surface area contributed by atoms with Gasteiger partial charge < -0.3 is 4.90 Å². The van der Waals surface area contributed by atoms with E-state index >= 15 is 0 Å². The van der Waals surface area contributed by atoms with E-state index in [9.17, 15) is 0 Å². The molecule has 2 atom stereocenters. The van der Waals surface area contributed by atoms with Gasteiger partial charge in [0.25, 0.3) is 0 Å². The van der Waals surface area contributed by atoms with Gasteiger partial charge in [0.1, 0.15) is 0 Å². The predicted molar refractivity (Wildman–Crippen MR) is 135 cm³/mol. The van der Waals surface area contributed by atoms with Gasteiger partial charge in [0, 0.05) is 61.4 Å². The minimum atomic E-state index is 0.501. The van der Waals surface area contributed by atoms with Crippen LogP contribution in [-0.4, -0.2) is 65.6 Å². The van der Waals surface area contributed by atoms with Crippen molar-refractivity contribution in [2.45, 2.75) is 25.8 Å². The topological polar surface area (TPSA) is 35.5 Å². The second-order valence-corrected chi connectivity index (χ2v) is 10.2. The third kappa shape index (κ3) is 4.98. The molecule has 0 aliphatic carbocycles. The molecule has 5 rings (SSSR count). The molecule has 2 aliphatic heterocycles. The Balaban J connectivity index is 1.15. The Morgan fingerprint density at radius 3 is 2.66 bits per heavy atom. The summed E-state index contributed by atoms with van der Waals surface area (Å²) in [6.45, 7) is 10.2. The molecular formula is C26H32BrN5. The van der Waals surface area contributed by atoms with E-state index in [0.29, 0.717) is 6.04 Å². The number of rotatable bonds is 5. The third-order valence-corrected chi connectivity index (χ3v) is 7.57. The summed E-state index contributed by atoms with van der Waals surface area (Å²) in [5.41, 5.74) is 2.44. The van der Waals surface area contributed by atoms with Crippen LogP contribution in [0.2, 0.25) is 0 Å². The molecule has 0 bridgehead atoms. The predicted octanol–water partition coefficient (Wildman–Crippen LogP) is 4.99. The summed E-state index contributed by atoms with van der Waals surface area (Å²) in [5, 5.41) is 1.08. The van der Waals surface area contributed by atoms with Crippen molar-refractivity contribution in [1.82, 2.24) is 19.8 Å². The van der Waals surface area contributed by atoms with E-state index in [-0.39, 0.29) is 0 Å². The summed E-state index contributed by atoms with van der Waals surface area (Å²) in [6, 6.07) is 17.6. The lowest BCUT2D eigenvalue weighted by Crippen LogP contribution is -2.50. The number of halogens is 1. The van der Waals surface area contributed by atoms with Gasteiger partial charge in [0.15, 0.2) is 0 Å². The molecule has 0 spiro atoms. The average Bonchev–Trinajstić information content (AvgIpc) is 2.84. The first-order valence-electron chi connectivity index (χ1n) is 11.8. The maximum atomic E-state index is 4.81. The first kappa shape index (κ1) is 21.8. The van der Waals surface area contributed by atoms with Crippen LogP contribution in [0.1, 0.15) is 31.4 Å². The molecule has 2 aromatic carbocycles. The number of benzene rings is 2. The van der Waals surface area contributed by atoms with Crippen molar-refractivity contribution in [3.05, 3.63) is 64.8 Å². The molecule has 3 heterocycles. The van der Waals surface area contributed by atoms with Crippen LogP contribution >= 0.6 is 15.9 Å². The van der Waals surface area contributed by atoms with E-state index in [4.69, 9.17) is 4.98 Å². The Morgan fingerprint density at radius 1 is 1.03 bits per heavy atom. The van der Waals surface area contributed by atoms with Crippen LogP contribution in [0.5, 0.6) is 0 Å². The molecular weight excluding hydrogens is 462 g/mol. The minimum Gasteiger partial charge on any atom is -0.338 e. The number of hydrogen-bond donors (Lipinski definition) is 0. The summed E-state index contributed by atoms with van der Waals surface area (Å²) in [5.74, 6) is 1.62. The monoisotopic (exact) mass is 493 g/mol. The molecule has 2 aliphatic rings. The molecule has 1 aromatic heterocycles. The number of aromatic nitrogens is 2. The molecule has 32 heavy (non-hydrogen) atoms. The largest absolute Gasteiger partial charge is 0.338 e. The number of likely N-dealkylation sites (tertiary alicyclic amines) is 1. The van der Waals surface area contributed by atoms with Crippen molar-refractivity contribution < 1.29 is 0 Å². The minimum absolute atomic E-state index is 0.501. The van der Waals surface area contributed by atoms with Crippen molar-refractivity contribution in [2.24, 2.45) is 5.92 Å². The smallest absolute Gasteiger partial charge is 0.225 e. The maximum Gasteiger partial charge on any atom is 0.225 e. The van der Waals surface area contributed by atoms with Crippen LogP contribution in [-0.2, 0) is 0 Å². The van der Waals surface area contributed by atoms with Gasteiger partial charge in [0.05, 0.1) is 5.52 Å². The van der Waals surface area contributed by atoms with Crippen LogP contribution in [0, 0.1) is 5.92 Å². The van der Waals surface area contributed by atoms with E-state index in [1.165, 1.54) is 38.0 Å². The van der Waals surface area contributed by atoms with E-state index in [1.807, 2.05) is 12.3 Å². The Kier molecular flexibility index (Phi) is 6.72. The Hall–Kier alpha value is -2.02. The van der Waals surface area contributed by atoms with Crippen molar-refractivity contribution >= 4 is 32.8 Å². The zero-order valence-corrected chi connectivity index (χ0v) is 20.4. The lowest BCUT2D eigenvalue weighted by Gasteiger charge is -2.41. The van der Waals surface area contributed by atoms with Gasteiger partial charge in [-0.1, -0.05) is 46.3 Å².